The fourth-order valence-corrected chi connectivity index (χ4v) is 1.42. The molecule has 2 N–H and O–H groups in total. The maximum absolute atomic E-state index is 13.3. The molecular weight excluding hydrogens is 207 g/mol. The normalized spacial score (nSPS) is 12.2. The zero-order valence-corrected chi connectivity index (χ0v) is 9.61. The number of carbonyl (C=O) groups is 1. The molecule has 0 saturated carbocycles. The van der Waals surface area contributed by atoms with Crippen LogP contribution in [0.25, 0.3) is 0 Å². The molecular formula is C12H17FN2O. The second-order valence-corrected chi connectivity index (χ2v) is 3.80. The molecule has 0 saturated heterocycles. The Hall–Kier alpha value is -1.42. The second-order valence-electron chi connectivity index (χ2n) is 3.80. The first-order valence-corrected chi connectivity index (χ1v) is 5.30. The minimum atomic E-state index is -0.503. The predicted molar refractivity (Wildman–Crippen MR) is 61.1 cm³/mol. The zero-order chi connectivity index (χ0) is 12.1. The molecule has 0 aliphatic rings. The van der Waals surface area contributed by atoms with E-state index in [0.29, 0.717) is 12.0 Å². The first kappa shape index (κ1) is 12.6. The third-order valence-corrected chi connectivity index (χ3v) is 2.50. The lowest BCUT2D eigenvalue weighted by atomic mass is 10.1. The largest absolute Gasteiger partial charge is 0.340 e. The molecule has 1 atom stereocenters. The SMILES string of the molecule is CC[C@@H](N)C(=O)N(C)Cc1ccccc1F. The van der Waals surface area contributed by atoms with Crippen LogP contribution in [0.4, 0.5) is 4.39 Å². The lowest BCUT2D eigenvalue weighted by Crippen LogP contribution is -2.41. The van der Waals surface area contributed by atoms with E-state index >= 15 is 0 Å². The van der Waals surface area contributed by atoms with E-state index in [-0.39, 0.29) is 18.3 Å². The smallest absolute Gasteiger partial charge is 0.239 e. The van der Waals surface area contributed by atoms with E-state index in [1.165, 1.54) is 11.0 Å². The molecule has 1 amide bonds. The van der Waals surface area contributed by atoms with Crippen molar-refractivity contribution < 1.29 is 9.18 Å². The fraction of sp³-hybridized carbons (Fsp3) is 0.417. The first-order valence-electron chi connectivity index (χ1n) is 5.30. The van der Waals surface area contributed by atoms with Crippen LogP contribution in [0.3, 0.4) is 0 Å². The fourth-order valence-electron chi connectivity index (χ4n) is 1.42. The molecule has 4 heteroatoms. The Kier molecular flexibility index (Phi) is 4.43. The summed E-state index contributed by atoms with van der Waals surface area (Å²) >= 11 is 0. The van der Waals surface area contributed by atoms with Crippen molar-refractivity contribution in [3.63, 3.8) is 0 Å². The van der Waals surface area contributed by atoms with Crippen molar-refractivity contribution in [1.29, 1.82) is 0 Å². The van der Waals surface area contributed by atoms with Gasteiger partial charge in [0.2, 0.25) is 5.91 Å². The summed E-state index contributed by atoms with van der Waals surface area (Å²) in [4.78, 5) is 13.1. The lowest BCUT2D eigenvalue weighted by molar-refractivity contribution is -0.131. The summed E-state index contributed by atoms with van der Waals surface area (Å²) in [5.41, 5.74) is 6.13. The van der Waals surface area contributed by atoms with Gasteiger partial charge in [-0.1, -0.05) is 25.1 Å². The third kappa shape index (κ3) is 3.03. The molecule has 0 aromatic heterocycles. The highest BCUT2D eigenvalue weighted by Crippen LogP contribution is 2.09. The van der Waals surface area contributed by atoms with Crippen LogP contribution in [0.1, 0.15) is 18.9 Å². The van der Waals surface area contributed by atoms with Crippen LogP contribution in [0.2, 0.25) is 0 Å². The Balaban J connectivity index is 2.68. The number of hydrogen-bond acceptors (Lipinski definition) is 2. The van der Waals surface area contributed by atoms with E-state index in [1.807, 2.05) is 6.92 Å². The average molecular weight is 224 g/mol. The molecule has 88 valence electrons. The topological polar surface area (TPSA) is 46.3 Å². The first-order chi connectivity index (χ1) is 7.56. The van der Waals surface area contributed by atoms with E-state index < -0.39 is 6.04 Å². The minimum Gasteiger partial charge on any atom is -0.340 e. The van der Waals surface area contributed by atoms with Crippen molar-refractivity contribution in [2.75, 3.05) is 7.05 Å². The molecule has 0 aliphatic carbocycles. The predicted octanol–water partition coefficient (Wildman–Crippen LogP) is 1.52. The van der Waals surface area contributed by atoms with Gasteiger partial charge in [0, 0.05) is 19.2 Å². The summed E-state index contributed by atoms with van der Waals surface area (Å²) in [5.74, 6) is -0.460. The zero-order valence-electron chi connectivity index (χ0n) is 9.61. The Morgan fingerprint density at radius 2 is 2.12 bits per heavy atom. The van der Waals surface area contributed by atoms with Crippen molar-refractivity contribution in [2.24, 2.45) is 5.73 Å². The van der Waals surface area contributed by atoms with Gasteiger partial charge in [-0.25, -0.2) is 4.39 Å². The number of benzene rings is 1. The second kappa shape index (κ2) is 5.61. The van der Waals surface area contributed by atoms with Crippen LogP contribution >= 0.6 is 0 Å². The number of nitrogens with zero attached hydrogens (tertiary/aromatic N) is 1. The molecule has 16 heavy (non-hydrogen) atoms. The van der Waals surface area contributed by atoms with Crippen LogP contribution in [0, 0.1) is 5.82 Å². The van der Waals surface area contributed by atoms with E-state index in [2.05, 4.69) is 0 Å². The number of nitrogens with two attached hydrogens (primary N) is 1. The summed E-state index contributed by atoms with van der Waals surface area (Å²) in [6.07, 6.45) is 0.584. The van der Waals surface area contributed by atoms with Crippen LogP contribution in [-0.4, -0.2) is 23.9 Å². The number of likely N-dealkylation sites (N-methyl/N-ethyl adjacent to an activating group) is 1. The van der Waals surface area contributed by atoms with Gasteiger partial charge in [-0.15, -0.1) is 0 Å². The van der Waals surface area contributed by atoms with E-state index in [4.69, 9.17) is 5.73 Å². The number of amides is 1. The molecule has 0 aliphatic heterocycles. The maximum atomic E-state index is 13.3. The van der Waals surface area contributed by atoms with E-state index in [1.54, 1.807) is 25.2 Å². The Morgan fingerprint density at radius 3 is 2.69 bits per heavy atom. The van der Waals surface area contributed by atoms with Crippen molar-refractivity contribution in [2.45, 2.75) is 25.9 Å². The van der Waals surface area contributed by atoms with Gasteiger partial charge < -0.3 is 10.6 Å². The Morgan fingerprint density at radius 1 is 1.50 bits per heavy atom. The summed E-state index contributed by atoms with van der Waals surface area (Å²) in [5, 5.41) is 0. The molecule has 0 bridgehead atoms. The van der Waals surface area contributed by atoms with Crippen LogP contribution < -0.4 is 5.73 Å². The monoisotopic (exact) mass is 224 g/mol. The third-order valence-electron chi connectivity index (χ3n) is 2.50. The molecule has 0 fully saturated rings. The van der Waals surface area contributed by atoms with Gasteiger partial charge in [-0.05, 0) is 12.5 Å². The van der Waals surface area contributed by atoms with Crippen molar-refractivity contribution in [3.8, 4) is 0 Å². The number of halogens is 1. The molecule has 0 spiro atoms. The molecule has 0 heterocycles. The summed E-state index contributed by atoms with van der Waals surface area (Å²) < 4.78 is 13.3. The maximum Gasteiger partial charge on any atom is 0.239 e. The molecule has 0 unspecified atom stereocenters. The highest BCUT2D eigenvalue weighted by atomic mass is 19.1. The van der Waals surface area contributed by atoms with Gasteiger partial charge in [0.05, 0.1) is 6.04 Å². The van der Waals surface area contributed by atoms with Crippen molar-refractivity contribution >= 4 is 5.91 Å². The highest BCUT2D eigenvalue weighted by Gasteiger charge is 2.16. The van der Waals surface area contributed by atoms with Crippen molar-refractivity contribution in [3.05, 3.63) is 35.6 Å². The summed E-state index contributed by atoms with van der Waals surface area (Å²) in [6, 6.07) is 5.91. The van der Waals surface area contributed by atoms with Crippen LogP contribution in [0.15, 0.2) is 24.3 Å². The molecule has 0 radical (unpaired) electrons. The van der Waals surface area contributed by atoms with Gasteiger partial charge in [-0.2, -0.15) is 0 Å². The van der Waals surface area contributed by atoms with Crippen LogP contribution in [0.5, 0.6) is 0 Å². The molecule has 1 aromatic carbocycles. The van der Waals surface area contributed by atoms with Gasteiger partial charge in [0.25, 0.3) is 0 Å². The van der Waals surface area contributed by atoms with Crippen molar-refractivity contribution in [1.82, 2.24) is 4.90 Å². The standard InChI is InChI=1S/C12H17FN2O/c1-3-11(14)12(16)15(2)8-9-6-4-5-7-10(9)13/h4-7,11H,3,8,14H2,1-2H3/t11-/m1/s1. The Bertz CT molecular complexity index is 368. The minimum absolute atomic E-state index is 0.161. The highest BCUT2D eigenvalue weighted by molar-refractivity contribution is 5.81. The molecule has 1 rings (SSSR count). The van der Waals surface area contributed by atoms with Gasteiger partial charge in [-0.3, -0.25) is 4.79 Å². The van der Waals surface area contributed by atoms with Gasteiger partial charge >= 0.3 is 0 Å². The number of hydrogen-bond donors (Lipinski definition) is 1. The van der Waals surface area contributed by atoms with Gasteiger partial charge in [0.1, 0.15) is 5.82 Å². The summed E-state index contributed by atoms with van der Waals surface area (Å²) in [7, 11) is 1.63. The summed E-state index contributed by atoms with van der Waals surface area (Å²) in [6.45, 7) is 2.10. The lowest BCUT2D eigenvalue weighted by Gasteiger charge is -2.20. The van der Waals surface area contributed by atoms with Gasteiger partial charge in [0.15, 0.2) is 0 Å². The molecule has 3 nitrogen and oxygen atoms in total. The Labute approximate surface area is 95.0 Å². The number of rotatable bonds is 4. The van der Waals surface area contributed by atoms with Crippen LogP contribution in [-0.2, 0) is 11.3 Å². The molecule has 1 aromatic rings. The van der Waals surface area contributed by atoms with E-state index in [0.717, 1.165) is 0 Å². The number of carbonyl (C=O) groups excluding carboxylic acids is 1. The van der Waals surface area contributed by atoms with E-state index in [9.17, 15) is 9.18 Å². The average Bonchev–Trinajstić information content (AvgIpc) is 2.30. The quantitative estimate of drug-likeness (QED) is 0.842.